The fourth-order valence-corrected chi connectivity index (χ4v) is 2.37. The number of hydrogen-bond acceptors (Lipinski definition) is 4. The Morgan fingerprint density at radius 3 is 2.07 bits per heavy atom. The summed E-state index contributed by atoms with van der Waals surface area (Å²) < 4.78 is 38.2. The van der Waals surface area contributed by atoms with Gasteiger partial charge in [-0.3, -0.25) is 15.5 Å². The maximum atomic E-state index is 12.7. The first-order valence-corrected chi connectivity index (χ1v) is 8.16. The van der Waals surface area contributed by atoms with E-state index in [1.807, 2.05) is 24.3 Å². The lowest BCUT2D eigenvalue weighted by molar-refractivity contribution is -0.384. The average molecular weight is 379 g/mol. The third-order valence-corrected chi connectivity index (χ3v) is 4.03. The molecule has 0 spiro atoms. The summed E-state index contributed by atoms with van der Waals surface area (Å²) >= 11 is 0. The van der Waals surface area contributed by atoms with Crippen molar-refractivity contribution in [1.82, 2.24) is 0 Å². The maximum absolute atomic E-state index is 12.7. The van der Waals surface area contributed by atoms with Crippen LogP contribution in [0.3, 0.4) is 0 Å². The molecule has 144 valence electrons. The number of halogens is 3. The number of hydrazone groups is 1. The predicted molar refractivity (Wildman–Crippen MR) is 99.1 cm³/mol. The van der Waals surface area contributed by atoms with Gasteiger partial charge in [0, 0.05) is 6.07 Å². The Morgan fingerprint density at radius 1 is 1.04 bits per heavy atom. The highest BCUT2D eigenvalue weighted by Crippen LogP contribution is 2.35. The van der Waals surface area contributed by atoms with Crippen molar-refractivity contribution in [3.8, 4) is 0 Å². The van der Waals surface area contributed by atoms with Crippen molar-refractivity contribution in [1.29, 1.82) is 0 Å². The van der Waals surface area contributed by atoms with Gasteiger partial charge in [-0.2, -0.15) is 18.3 Å². The van der Waals surface area contributed by atoms with E-state index in [0.717, 1.165) is 23.3 Å². The molecule has 0 aliphatic carbocycles. The average Bonchev–Trinajstić information content (AvgIpc) is 2.58. The Kier molecular flexibility index (Phi) is 5.58. The topological polar surface area (TPSA) is 67.5 Å². The molecule has 0 fully saturated rings. The third-order valence-electron chi connectivity index (χ3n) is 4.03. The van der Waals surface area contributed by atoms with E-state index in [4.69, 9.17) is 0 Å². The van der Waals surface area contributed by atoms with Crippen LogP contribution in [-0.2, 0) is 11.6 Å². The van der Waals surface area contributed by atoms with Crippen LogP contribution in [0.15, 0.2) is 47.6 Å². The number of nitro benzene ring substituents is 1. The van der Waals surface area contributed by atoms with E-state index < -0.39 is 22.4 Å². The molecule has 0 radical (unpaired) electrons. The van der Waals surface area contributed by atoms with Crippen molar-refractivity contribution in [2.75, 3.05) is 5.43 Å². The zero-order valence-corrected chi connectivity index (χ0v) is 15.4. The molecule has 0 heterocycles. The van der Waals surface area contributed by atoms with Crippen molar-refractivity contribution >= 4 is 17.1 Å². The monoisotopic (exact) mass is 379 g/mol. The van der Waals surface area contributed by atoms with Crippen molar-refractivity contribution in [3.63, 3.8) is 0 Å². The molecule has 5 nitrogen and oxygen atoms in total. The summed E-state index contributed by atoms with van der Waals surface area (Å²) in [4.78, 5) is 10.2. The number of rotatable bonds is 4. The Balaban J connectivity index is 2.27. The van der Waals surface area contributed by atoms with Crippen LogP contribution in [0.5, 0.6) is 0 Å². The van der Waals surface area contributed by atoms with Gasteiger partial charge in [0.1, 0.15) is 5.69 Å². The Hall–Kier alpha value is -2.90. The van der Waals surface area contributed by atoms with Crippen LogP contribution in [0.4, 0.5) is 24.5 Å². The molecule has 27 heavy (non-hydrogen) atoms. The third kappa shape index (κ3) is 5.06. The van der Waals surface area contributed by atoms with Crippen LogP contribution in [0.1, 0.15) is 44.4 Å². The van der Waals surface area contributed by atoms with E-state index in [0.29, 0.717) is 11.8 Å². The highest BCUT2D eigenvalue weighted by molar-refractivity contribution is 5.99. The van der Waals surface area contributed by atoms with Gasteiger partial charge in [0.25, 0.3) is 5.69 Å². The lowest BCUT2D eigenvalue weighted by atomic mass is 9.86. The fourth-order valence-electron chi connectivity index (χ4n) is 2.37. The van der Waals surface area contributed by atoms with Gasteiger partial charge >= 0.3 is 6.18 Å². The lowest BCUT2D eigenvalue weighted by Crippen LogP contribution is -2.11. The first-order valence-electron chi connectivity index (χ1n) is 8.16. The molecule has 0 saturated heterocycles. The van der Waals surface area contributed by atoms with Gasteiger partial charge in [0.05, 0.1) is 16.2 Å². The quantitative estimate of drug-likeness (QED) is 0.418. The van der Waals surface area contributed by atoms with Crippen LogP contribution in [0.2, 0.25) is 0 Å². The molecule has 0 unspecified atom stereocenters. The molecule has 0 atom stereocenters. The van der Waals surface area contributed by atoms with Crippen LogP contribution in [0.25, 0.3) is 0 Å². The second kappa shape index (κ2) is 7.38. The largest absolute Gasteiger partial charge is 0.416 e. The van der Waals surface area contributed by atoms with E-state index in [1.54, 1.807) is 6.92 Å². The van der Waals surface area contributed by atoms with E-state index in [2.05, 4.69) is 31.3 Å². The minimum Gasteiger partial charge on any atom is -0.271 e. The maximum Gasteiger partial charge on any atom is 0.416 e. The molecular weight excluding hydrogens is 359 g/mol. The molecule has 2 aromatic carbocycles. The summed E-state index contributed by atoms with van der Waals surface area (Å²) in [6.07, 6.45) is -4.66. The number of benzene rings is 2. The van der Waals surface area contributed by atoms with Crippen LogP contribution in [0, 0.1) is 10.1 Å². The molecule has 0 aromatic heterocycles. The Labute approximate surface area is 155 Å². The number of anilines is 1. The van der Waals surface area contributed by atoms with Crippen LogP contribution >= 0.6 is 0 Å². The summed E-state index contributed by atoms with van der Waals surface area (Å²) in [5.41, 5.74) is 3.10. The SMILES string of the molecule is C/C(=N\Nc1ccc(C(F)(F)F)cc1[N+](=O)[O-])c1ccc(C(C)(C)C)cc1. The van der Waals surface area contributed by atoms with Gasteiger partial charge in [-0.15, -0.1) is 0 Å². The standard InChI is InChI=1S/C19H20F3N3O2/c1-12(13-5-7-14(8-6-13)18(2,3)4)23-24-16-10-9-15(19(20,21)22)11-17(16)25(26)27/h5-11,24H,1-4H3/b23-12+. The molecule has 8 heteroatoms. The predicted octanol–water partition coefficient (Wildman–Crippen LogP) is 5.75. The number of nitrogens with zero attached hydrogens (tertiary/aromatic N) is 2. The number of hydrogen-bond donors (Lipinski definition) is 1. The summed E-state index contributed by atoms with van der Waals surface area (Å²) in [7, 11) is 0. The number of nitro groups is 1. The van der Waals surface area contributed by atoms with E-state index >= 15 is 0 Å². The molecule has 2 aromatic rings. The highest BCUT2D eigenvalue weighted by Gasteiger charge is 2.33. The van der Waals surface area contributed by atoms with Gasteiger partial charge in [0.2, 0.25) is 0 Å². The molecule has 0 aliphatic heterocycles. The summed E-state index contributed by atoms with van der Waals surface area (Å²) in [5.74, 6) is 0. The van der Waals surface area contributed by atoms with Gasteiger partial charge in [-0.25, -0.2) is 0 Å². The van der Waals surface area contributed by atoms with E-state index in [1.165, 1.54) is 0 Å². The molecule has 2 rings (SSSR count). The first kappa shape index (κ1) is 20.4. The smallest absolute Gasteiger partial charge is 0.271 e. The van der Waals surface area contributed by atoms with Crippen molar-refractivity contribution < 1.29 is 18.1 Å². The molecule has 0 saturated carbocycles. The zero-order valence-electron chi connectivity index (χ0n) is 15.4. The van der Waals surface area contributed by atoms with Crippen LogP contribution < -0.4 is 5.43 Å². The van der Waals surface area contributed by atoms with E-state index in [9.17, 15) is 23.3 Å². The first-order chi connectivity index (χ1) is 12.4. The minimum atomic E-state index is -4.66. The zero-order chi connectivity index (χ0) is 20.4. The number of nitrogens with one attached hydrogen (secondary N) is 1. The second-order valence-electron chi connectivity index (χ2n) is 7.12. The van der Waals surface area contributed by atoms with Crippen LogP contribution in [-0.4, -0.2) is 10.6 Å². The highest BCUT2D eigenvalue weighted by atomic mass is 19.4. The number of alkyl halides is 3. The molecule has 1 N–H and O–H groups in total. The van der Waals surface area contributed by atoms with Crippen molar-refractivity contribution in [3.05, 3.63) is 69.3 Å². The van der Waals surface area contributed by atoms with Gasteiger partial charge in [-0.05, 0) is 35.6 Å². The lowest BCUT2D eigenvalue weighted by Gasteiger charge is -2.19. The Bertz CT molecular complexity index is 867. The summed E-state index contributed by atoms with van der Waals surface area (Å²) in [5, 5.41) is 15.2. The summed E-state index contributed by atoms with van der Waals surface area (Å²) in [6.45, 7) is 7.98. The van der Waals surface area contributed by atoms with E-state index in [-0.39, 0.29) is 11.1 Å². The Morgan fingerprint density at radius 2 is 1.59 bits per heavy atom. The van der Waals surface area contributed by atoms with Crippen molar-refractivity contribution in [2.24, 2.45) is 5.10 Å². The molecular formula is C19H20F3N3O2. The molecule has 0 bridgehead atoms. The fraction of sp³-hybridized carbons (Fsp3) is 0.316. The normalized spacial score (nSPS) is 12.8. The summed E-state index contributed by atoms with van der Waals surface area (Å²) in [6, 6.07) is 9.96. The van der Waals surface area contributed by atoms with Gasteiger partial charge in [0.15, 0.2) is 0 Å². The molecule has 0 aliphatic rings. The second-order valence-corrected chi connectivity index (χ2v) is 7.12. The minimum absolute atomic E-state index is 0.00265. The van der Waals surface area contributed by atoms with Crippen molar-refractivity contribution in [2.45, 2.75) is 39.3 Å². The molecule has 0 amide bonds. The van der Waals surface area contributed by atoms with Gasteiger partial charge in [-0.1, -0.05) is 45.0 Å². The van der Waals surface area contributed by atoms with Gasteiger partial charge < -0.3 is 0 Å².